The lowest BCUT2D eigenvalue weighted by molar-refractivity contribution is -0.128. The molecule has 0 aliphatic heterocycles. The minimum atomic E-state index is -0.600. The van der Waals surface area contributed by atoms with Crippen LogP contribution >= 0.6 is 0 Å². The molecule has 1 aliphatic rings. The highest BCUT2D eigenvalue weighted by Crippen LogP contribution is 2.25. The van der Waals surface area contributed by atoms with E-state index < -0.39 is 6.10 Å². The highest BCUT2D eigenvalue weighted by molar-refractivity contribution is 5.90. The maximum absolute atomic E-state index is 12.2. The smallest absolute Gasteiger partial charge is 0.260 e. The van der Waals surface area contributed by atoms with Crippen LogP contribution in [0.2, 0.25) is 0 Å². The summed E-state index contributed by atoms with van der Waals surface area (Å²) in [4.78, 5) is 23.4. The minimum Gasteiger partial charge on any atom is -0.479 e. The fraction of sp³-hybridized carbons (Fsp3) is 0.529. The number of anilines is 1. The Labute approximate surface area is 131 Å². The van der Waals surface area contributed by atoms with Gasteiger partial charge in [0.25, 0.3) is 5.91 Å². The summed E-state index contributed by atoms with van der Waals surface area (Å²) in [7, 11) is 0. The van der Waals surface area contributed by atoms with Gasteiger partial charge in [-0.05, 0) is 31.9 Å². The number of nitrogens with one attached hydrogen (secondary N) is 2. The first-order valence-corrected chi connectivity index (χ1v) is 7.90. The van der Waals surface area contributed by atoms with Crippen molar-refractivity contribution < 1.29 is 14.3 Å². The summed E-state index contributed by atoms with van der Waals surface area (Å²) >= 11 is 0. The van der Waals surface area contributed by atoms with Crippen LogP contribution in [0.3, 0.4) is 0 Å². The number of rotatable bonds is 5. The predicted octanol–water partition coefficient (Wildman–Crippen LogP) is 2.86. The molecule has 0 spiro atoms. The van der Waals surface area contributed by atoms with Gasteiger partial charge in [-0.25, -0.2) is 0 Å². The van der Waals surface area contributed by atoms with E-state index in [9.17, 15) is 9.59 Å². The zero-order valence-corrected chi connectivity index (χ0v) is 13.2. The number of benzene rings is 1. The molecule has 0 saturated heterocycles. The standard InChI is InChI=1S/C17H24N2O3/c1-12(17(21)19-14-8-4-3-5-9-14)22-16-11-7-6-10-15(16)18-13(2)20/h6-7,10-12,14H,3-5,8-9H2,1-2H3,(H,18,20)(H,19,21). The topological polar surface area (TPSA) is 67.4 Å². The Balaban J connectivity index is 1.94. The number of hydrogen-bond donors (Lipinski definition) is 2. The van der Waals surface area contributed by atoms with E-state index in [2.05, 4.69) is 10.6 Å². The summed E-state index contributed by atoms with van der Waals surface area (Å²) in [6.07, 6.45) is 5.08. The third kappa shape index (κ3) is 4.76. The average Bonchev–Trinajstić information content (AvgIpc) is 2.49. The van der Waals surface area contributed by atoms with E-state index in [0.717, 1.165) is 12.8 Å². The maximum Gasteiger partial charge on any atom is 0.260 e. The normalized spacial score (nSPS) is 16.6. The van der Waals surface area contributed by atoms with E-state index in [4.69, 9.17) is 4.74 Å². The molecule has 1 unspecified atom stereocenters. The van der Waals surface area contributed by atoms with Crippen LogP contribution in [0.5, 0.6) is 5.75 Å². The number of hydrogen-bond acceptors (Lipinski definition) is 3. The largest absolute Gasteiger partial charge is 0.479 e. The third-order valence-electron chi connectivity index (χ3n) is 3.82. The lowest BCUT2D eigenvalue weighted by atomic mass is 9.95. The molecule has 1 aromatic rings. The Morgan fingerprint density at radius 1 is 1.18 bits per heavy atom. The fourth-order valence-electron chi connectivity index (χ4n) is 2.67. The summed E-state index contributed by atoms with van der Waals surface area (Å²) in [5.74, 6) is 0.226. The monoisotopic (exact) mass is 304 g/mol. The van der Waals surface area contributed by atoms with E-state index in [1.165, 1.54) is 26.2 Å². The first-order chi connectivity index (χ1) is 10.6. The number of para-hydroxylation sites is 2. The van der Waals surface area contributed by atoms with Crippen molar-refractivity contribution in [2.45, 2.75) is 58.1 Å². The summed E-state index contributed by atoms with van der Waals surface area (Å²) in [6, 6.07) is 7.38. The van der Waals surface area contributed by atoms with Crippen LogP contribution in [0.25, 0.3) is 0 Å². The highest BCUT2D eigenvalue weighted by Gasteiger charge is 2.21. The zero-order valence-electron chi connectivity index (χ0n) is 13.2. The third-order valence-corrected chi connectivity index (χ3v) is 3.82. The molecule has 2 amide bonds. The quantitative estimate of drug-likeness (QED) is 0.879. The minimum absolute atomic E-state index is 0.107. The van der Waals surface area contributed by atoms with Crippen LogP contribution in [0.1, 0.15) is 46.0 Å². The summed E-state index contributed by atoms with van der Waals surface area (Å²) in [5.41, 5.74) is 0.576. The van der Waals surface area contributed by atoms with Gasteiger partial charge in [-0.1, -0.05) is 31.4 Å². The number of carbonyl (C=O) groups excluding carboxylic acids is 2. The van der Waals surface area contributed by atoms with E-state index in [1.807, 2.05) is 12.1 Å². The highest BCUT2D eigenvalue weighted by atomic mass is 16.5. The van der Waals surface area contributed by atoms with Crippen molar-refractivity contribution in [3.63, 3.8) is 0 Å². The van der Waals surface area contributed by atoms with Crippen molar-refractivity contribution in [3.8, 4) is 5.75 Å². The van der Waals surface area contributed by atoms with Crippen molar-refractivity contribution in [1.29, 1.82) is 0 Å². The number of amides is 2. The van der Waals surface area contributed by atoms with E-state index in [1.54, 1.807) is 19.1 Å². The van der Waals surface area contributed by atoms with Crippen molar-refractivity contribution >= 4 is 17.5 Å². The van der Waals surface area contributed by atoms with Gasteiger partial charge in [0.05, 0.1) is 5.69 Å². The van der Waals surface area contributed by atoms with Gasteiger partial charge in [0.1, 0.15) is 5.75 Å². The van der Waals surface area contributed by atoms with Crippen LogP contribution in [-0.2, 0) is 9.59 Å². The van der Waals surface area contributed by atoms with Gasteiger partial charge >= 0.3 is 0 Å². The van der Waals surface area contributed by atoms with E-state index in [0.29, 0.717) is 11.4 Å². The lowest BCUT2D eigenvalue weighted by Crippen LogP contribution is -2.43. The van der Waals surface area contributed by atoms with Gasteiger partial charge in [0.15, 0.2) is 6.10 Å². The van der Waals surface area contributed by atoms with Crippen LogP contribution in [0.15, 0.2) is 24.3 Å². The molecular weight excluding hydrogens is 280 g/mol. The van der Waals surface area contributed by atoms with E-state index >= 15 is 0 Å². The molecule has 1 atom stereocenters. The van der Waals surface area contributed by atoms with Crippen LogP contribution in [0.4, 0.5) is 5.69 Å². The molecule has 120 valence electrons. The molecule has 5 heteroatoms. The summed E-state index contributed by atoms with van der Waals surface area (Å²) < 4.78 is 5.72. The molecule has 1 aliphatic carbocycles. The van der Waals surface area contributed by atoms with Gasteiger partial charge < -0.3 is 15.4 Å². The number of carbonyl (C=O) groups is 2. The van der Waals surface area contributed by atoms with Crippen molar-refractivity contribution in [1.82, 2.24) is 5.32 Å². The molecule has 0 radical (unpaired) electrons. The second-order valence-electron chi connectivity index (χ2n) is 5.78. The van der Waals surface area contributed by atoms with Crippen molar-refractivity contribution in [2.24, 2.45) is 0 Å². The predicted molar refractivity (Wildman–Crippen MR) is 85.9 cm³/mol. The van der Waals surface area contributed by atoms with Crippen molar-refractivity contribution in [2.75, 3.05) is 5.32 Å². The molecule has 2 N–H and O–H groups in total. The second kappa shape index (κ2) is 7.82. The molecule has 22 heavy (non-hydrogen) atoms. The van der Waals surface area contributed by atoms with Crippen LogP contribution in [0, 0.1) is 0 Å². The lowest BCUT2D eigenvalue weighted by Gasteiger charge is -2.25. The fourth-order valence-corrected chi connectivity index (χ4v) is 2.67. The number of ether oxygens (including phenoxy) is 1. The SMILES string of the molecule is CC(=O)Nc1ccccc1OC(C)C(=O)NC1CCCCC1. The molecule has 0 aromatic heterocycles. The first kappa shape index (κ1) is 16.3. The Kier molecular flexibility index (Phi) is 5.81. The molecule has 1 saturated carbocycles. The average molecular weight is 304 g/mol. The molecule has 0 heterocycles. The van der Waals surface area contributed by atoms with Crippen LogP contribution in [-0.4, -0.2) is 24.0 Å². The van der Waals surface area contributed by atoms with Gasteiger partial charge in [0.2, 0.25) is 5.91 Å². The van der Waals surface area contributed by atoms with Gasteiger partial charge in [-0.3, -0.25) is 9.59 Å². The Hall–Kier alpha value is -2.04. The zero-order chi connectivity index (χ0) is 15.9. The van der Waals surface area contributed by atoms with Crippen molar-refractivity contribution in [3.05, 3.63) is 24.3 Å². The molecule has 1 aromatic carbocycles. The summed E-state index contributed by atoms with van der Waals surface area (Å²) in [6.45, 7) is 3.17. The van der Waals surface area contributed by atoms with Crippen LogP contribution < -0.4 is 15.4 Å². The maximum atomic E-state index is 12.2. The molecule has 0 bridgehead atoms. The Morgan fingerprint density at radius 2 is 1.86 bits per heavy atom. The van der Waals surface area contributed by atoms with Gasteiger partial charge in [0, 0.05) is 13.0 Å². The summed E-state index contributed by atoms with van der Waals surface area (Å²) in [5, 5.41) is 5.75. The molecule has 1 fully saturated rings. The first-order valence-electron chi connectivity index (χ1n) is 7.90. The van der Waals surface area contributed by atoms with E-state index in [-0.39, 0.29) is 17.9 Å². The second-order valence-corrected chi connectivity index (χ2v) is 5.78. The van der Waals surface area contributed by atoms with Gasteiger partial charge in [-0.2, -0.15) is 0 Å². The molecule has 5 nitrogen and oxygen atoms in total. The Bertz CT molecular complexity index is 524. The molecule has 2 rings (SSSR count). The molecular formula is C17H24N2O3. The van der Waals surface area contributed by atoms with Gasteiger partial charge in [-0.15, -0.1) is 0 Å². The Morgan fingerprint density at radius 3 is 2.55 bits per heavy atom.